The molecule has 0 bridgehead atoms. The Morgan fingerprint density at radius 2 is 1.44 bits per heavy atom. The smallest absolute Gasteiger partial charge is 0.220 e. The third-order valence-electron chi connectivity index (χ3n) is 0.583. The van der Waals surface area contributed by atoms with Crippen molar-refractivity contribution in [3.8, 4) is 0 Å². The zero-order valence-electron chi connectivity index (χ0n) is 3.97. The lowest BCUT2D eigenvalue weighted by Gasteiger charge is -2.17. The summed E-state index contributed by atoms with van der Waals surface area (Å²) in [5.41, 5.74) is 0. The summed E-state index contributed by atoms with van der Waals surface area (Å²) in [5, 5.41) is -0.802. The first-order valence-corrected chi connectivity index (χ1v) is 3.73. The van der Waals surface area contributed by atoms with Crippen LogP contribution in [0.3, 0.4) is 0 Å². The van der Waals surface area contributed by atoms with Gasteiger partial charge in [-0.25, -0.2) is 4.39 Å². The van der Waals surface area contributed by atoms with Crippen molar-refractivity contribution in [2.45, 2.75) is 10.8 Å². The highest BCUT2D eigenvalue weighted by Crippen LogP contribution is 2.40. The molecule has 0 saturated heterocycles. The molecule has 0 aliphatic heterocycles. The molecule has 0 spiro atoms. The maximum absolute atomic E-state index is 12.1. The van der Waals surface area contributed by atoms with Gasteiger partial charge in [-0.15, -0.1) is 0 Å². The lowest BCUT2D eigenvalue weighted by Crippen LogP contribution is -2.35. The van der Waals surface area contributed by atoms with Gasteiger partial charge in [0.2, 0.25) is 0 Å². The van der Waals surface area contributed by atoms with Crippen molar-refractivity contribution in [2.75, 3.05) is 5.33 Å². The third kappa shape index (κ3) is 2.41. The second kappa shape index (κ2) is 2.74. The van der Waals surface area contributed by atoms with E-state index in [1.807, 2.05) is 15.9 Å². The third-order valence-corrected chi connectivity index (χ3v) is 2.84. The Kier molecular flexibility index (Phi) is 2.94. The van der Waals surface area contributed by atoms with Gasteiger partial charge in [0, 0.05) is 0 Å². The van der Waals surface area contributed by atoms with Gasteiger partial charge in [-0.3, -0.25) is 0 Å². The van der Waals surface area contributed by atoms with Crippen LogP contribution < -0.4 is 0 Å². The minimum Gasteiger partial charge on any atom is -0.220 e. The molecule has 0 aromatic heterocycles. The first-order valence-electron chi connectivity index (χ1n) is 1.82. The lowest BCUT2D eigenvalue weighted by molar-refractivity contribution is -0.184. The quantitative estimate of drug-likeness (QED) is 0.509. The van der Waals surface area contributed by atoms with Gasteiger partial charge in [-0.1, -0.05) is 15.9 Å². The molecule has 0 heterocycles. The summed E-state index contributed by atoms with van der Waals surface area (Å²) in [6, 6.07) is 0. The second-order valence-electron chi connectivity index (χ2n) is 1.34. The van der Waals surface area contributed by atoms with Gasteiger partial charge in [0.1, 0.15) is 0 Å². The number of hydrogen-bond acceptors (Lipinski definition) is 0. The van der Waals surface area contributed by atoms with Crippen LogP contribution in [0.1, 0.15) is 0 Å². The molecule has 0 aromatic carbocycles. The van der Waals surface area contributed by atoms with E-state index in [1.54, 1.807) is 0 Å². The molecule has 6 heteroatoms. The molecule has 0 saturated carbocycles. The molecule has 0 nitrogen and oxygen atoms in total. The summed E-state index contributed by atoms with van der Waals surface area (Å²) >= 11 is 4.23. The number of alkyl halides is 6. The van der Waals surface area contributed by atoms with Gasteiger partial charge in [-0.2, -0.15) is 13.2 Å². The Hall–Kier alpha value is 0.680. The highest BCUT2D eigenvalue weighted by Gasteiger charge is 2.53. The summed E-state index contributed by atoms with van der Waals surface area (Å²) in [6.45, 7) is 0. The molecule has 56 valence electrons. The van der Waals surface area contributed by atoms with Crippen LogP contribution in [0.5, 0.6) is 0 Å². The topological polar surface area (TPSA) is 0 Å². The Labute approximate surface area is 65.9 Å². The lowest BCUT2D eigenvalue weighted by atomic mass is 10.4. The number of hydrogen-bond donors (Lipinski definition) is 0. The SMILES string of the molecule is FC(F)(F)[C@](F)(Br)CBr. The van der Waals surface area contributed by atoms with E-state index in [1.165, 1.54) is 0 Å². The molecule has 9 heavy (non-hydrogen) atoms. The van der Waals surface area contributed by atoms with Gasteiger partial charge in [-0.05, 0) is 15.9 Å². The highest BCUT2D eigenvalue weighted by molar-refractivity contribution is 9.12. The molecule has 0 aliphatic rings. The van der Waals surface area contributed by atoms with Gasteiger partial charge in [0.05, 0.1) is 5.33 Å². The number of halogens is 6. The van der Waals surface area contributed by atoms with Crippen molar-refractivity contribution in [3.05, 3.63) is 0 Å². The molecule has 0 amide bonds. The summed E-state index contributed by atoms with van der Waals surface area (Å²) < 4.78 is 42.9. The van der Waals surface area contributed by atoms with E-state index in [-0.39, 0.29) is 0 Å². The Balaban J connectivity index is 4.14. The van der Waals surface area contributed by atoms with E-state index < -0.39 is 16.1 Å². The average molecular weight is 274 g/mol. The fraction of sp³-hybridized carbons (Fsp3) is 1.00. The minimum atomic E-state index is -4.85. The molecule has 0 N–H and O–H groups in total. The predicted octanol–water partition coefficient (Wildman–Crippen LogP) is 3.00. The Morgan fingerprint density at radius 3 is 1.44 bits per heavy atom. The first-order chi connectivity index (χ1) is 3.81. The van der Waals surface area contributed by atoms with Crippen LogP contribution in [0.15, 0.2) is 0 Å². The van der Waals surface area contributed by atoms with Crippen LogP contribution in [-0.4, -0.2) is 16.1 Å². The van der Waals surface area contributed by atoms with Crippen molar-refractivity contribution in [2.24, 2.45) is 0 Å². The van der Waals surface area contributed by atoms with Crippen molar-refractivity contribution in [1.82, 2.24) is 0 Å². The summed E-state index contributed by atoms with van der Waals surface area (Å²) in [6.07, 6.45) is -4.85. The van der Waals surface area contributed by atoms with Gasteiger partial charge < -0.3 is 0 Å². The minimum absolute atomic E-state index is 0.802. The molecule has 0 unspecified atom stereocenters. The Morgan fingerprint density at radius 1 is 1.11 bits per heavy atom. The maximum Gasteiger partial charge on any atom is 0.433 e. The van der Waals surface area contributed by atoms with E-state index in [9.17, 15) is 17.6 Å². The average Bonchev–Trinajstić information content (AvgIpc) is 1.64. The molecular formula is C3H2Br2F4. The van der Waals surface area contributed by atoms with E-state index >= 15 is 0 Å². The monoisotopic (exact) mass is 272 g/mol. The van der Waals surface area contributed by atoms with Crippen LogP contribution in [0, 0.1) is 0 Å². The van der Waals surface area contributed by atoms with Crippen LogP contribution >= 0.6 is 31.9 Å². The van der Waals surface area contributed by atoms with E-state index in [2.05, 4.69) is 15.9 Å². The van der Waals surface area contributed by atoms with Crippen LogP contribution in [0.4, 0.5) is 17.6 Å². The van der Waals surface area contributed by atoms with Crippen LogP contribution in [0.2, 0.25) is 0 Å². The zero-order valence-corrected chi connectivity index (χ0v) is 7.15. The molecule has 0 radical (unpaired) electrons. The summed E-state index contributed by atoms with van der Waals surface area (Å²) in [7, 11) is 0. The summed E-state index contributed by atoms with van der Waals surface area (Å²) in [5.74, 6) is 0. The van der Waals surface area contributed by atoms with Crippen molar-refractivity contribution >= 4 is 31.9 Å². The summed E-state index contributed by atoms with van der Waals surface area (Å²) in [4.78, 5) is 0. The highest BCUT2D eigenvalue weighted by atomic mass is 79.9. The molecular weight excluding hydrogens is 272 g/mol. The molecule has 0 fully saturated rings. The van der Waals surface area contributed by atoms with Crippen molar-refractivity contribution < 1.29 is 17.6 Å². The van der Waals surface area contributed by atoms with Crippen molar-refractivity contribution in [1.29, 1.82) is 0 Å². The van der Waals surface area contributed by atoms with Gasteiger partial charge >= 0.3 is 6.18 Å². The van der Waals surface area contributed by atoms with Crippen molar-refractivity contribution in [3.63, 3.8) is 0 Å². The fourth-order valence-electron chi connectivity index (χ4n) is 0.0758. The van der Waals surface area contributed by atoms with E-state index in [0.29, 0.717) is 0 Å². The van der Waals surface area contributed by atoms with Crippen LogP contribution in [-0.2, 0) is 0 Å². The largest absolute Gasteiger partial charge is 0.433 e. The molecule has 0 rings (SSSR count). The predicted molar refractivity (Wildman–Crippen MR) is 32.6 cm³/mol. The first kappa shape index (κ1) is 9.68. The molecule has 0 aromatic rings. The second-order valence-corrected chi connectivity index (χ2v) is 3.15. The maximum atomic E-state index is 12.1. The Bertz CT molecular complexity index is 96.5. The normalized spacial score (nSPS) is 19.3. The van der Waals surface area contributed by atoms with E-state index in [4.69, 9.17) is 0 Å². The van der Waals surface area contributed by atoms with Crippen LogP contribution in [0.25, 0.3) is 0 Å². The van der Waals surface area contributed by atoms with Gasteiger partial charge in [0.25, 0.3) is 4.58 Å². The number of rotatable bonds is 1. The standard InChI is InChI=1S/C3H2Br2F4/c4-1-2(5,6)3(7,8)9/h1H2/t2-/m0/s1. The fourth-order valence-corrected chi connectivity index (χ4v) is 0.394. The van der Waals surface area contributed by atoms with E-state index in [0.717, 1.165) is 0 Å². The molecule has 1 atom stereocenters. The zero-order chi connectivity index (χ0) is 7.71. The van der Waals surface area contributed by atoms with Gasteiger partial charge in [0.15, 0.2) is 0 Å². The molecule has 0 aliphatic carbocycles.